The van der Waals surface area contributed by atoms with Crippen LogP contribution in [0.1, 0.15) is 93.0 Å². The van der Waals surface area contributed by atoms with Gasteiger partial charge in [0.05, 0.1) is 29.7 Å². The molecule has 1 aliphatic heterocycles. The molecule has 2 amide bonds. The molecule has 5 nitrogen and oxygen atoms in total. The van der Waals surface area contributed by atoms with Gasteiger partial charge in [-0.05, 0) is 66.8 Å². The second-order valence-corrected chi connectivity index (χ2v) is 11.1. The largest absolute Gasteiger partial charge is 0.462 e. The first kappa shape index (κ1) is 25.7. The SMILES string of the molecule is CCCCCCCCCCOC(=O)c1ccc(N2C(=O)[C@@H]3[C@H]4C[C@@H]([C@@H]3C2=O)[C@@H](c2ccccc2)C4)cc1. The highest BCUT2D eigenvalue weighted by atomic mass is 16.5. The first-order valence-corrected chi connectivity index (χ1v) is 14.3. The molecule has 1 heterocycles. The van der Waals surface area contributed by atoms with Gasteiger partial charge in [0.25, 0.3) is 0 Å². The fourth-order valence-electron chi connectivity index (χ4n) is 7.03. The number of hydrogen-bond acceptors (Lipinski definition) is 4. The van der Waals surface area contributed by atoms with E-state index in [0.717, 1.165) is 25.7 Å². The van der Waals surface area contributed by atoms with Gasteiger partial charge in [0.1, 0.15) is 0 Å². The van der Waals surface area contributed by atoms with Gasteiger partial charge >= 0.3 is 5.97 Å². The van der Waals surface area contributed by atoms with Crippen molar-refractivity contribution in [3.05, 3.63) is 65.7 Å². The van der Waals surface area contributed by atoms with Crippen LogP contribution in [-0.4, -0.2) is 24.4 Å². The molecule has 0 radical (unpaired) electrons. The Morgan fingerprint density at radius 3 is 2.16 bits per heavy atom. The average Bonchev–Trinajstić information content (AvgIpc) is 3.59. The van der Waals surface area contributed by atoms with Crippen LogP contribution >= 0.6 is 0 Å². The molecule has 2 aliphatic carbocycles. The van der Waals surface area contributed by atoms with Gasteiger partial charge in [-0.2, -0.15) is 0 Å². The summed E-state index contributed by atoms with van der Waals surface area (Å²) in [7, 11) is 0. The van der Waals surface area contributed by atoms with Crippen LogP contribution in [-0.2, 0) is 14.3 Å². The predicted octanol–water partition coefficient (Wildman–Crippen LogP) is 6.91. The molecular weight excluding hydrogens is 462 g/mol. The van der Waals surface area contributed by atoms with Crippen LogP contribution in [0.15, 0.2) is 54.6 Å². The Morgan fingerprint density at radius 1 is 0.811 bits per heavy atom. The molecule has 5 rings (SSSR count). The number of carbonyl (C=O) groups excluding carboxylic acids is 3. The molecule has 1 saturated heterocycles. The quantitative estimate of drug-likeness (QED) is 0.180. The Bertz CT molecular complexity index is 1100. The molecule has 2 bridgehead atoms. The van der Waals surface area contributed by atoms with Gasteiger partial charge in [0, 0.05) is 0 Å². The van der Waals surface area contributed by atoms with E-state index < -0.39 is 0 Å². The smallest absolute Gasteiger partial charge is 0.338 e. The van der Waals surface area contributed by atoms with E-state index in [1.807, 2.05) is 6.07 Å². The maximum Gasteiger partial charge on any atom is 0.338 e. The summed E-state index contributed by atoms with van der Waals surface area (Å²) in [4.78, 5) is 40.7. The van der Waals surface area contributed by atoms with Gasteiger partial charge in [-0.15, -0.1) is 0 Å². The fourth-order valence-corrected chi connectivity index (χ4v) is 7.03. The monoisotopic (exact) mass is 501 g/mol. The Kier molecular flexibility index (Phi) is 8.07. The number of benzene rings is 2. The normalized spacial score (nSPS) is 26.1. The Balaban J connectivity index is 1.14. The van der Waals surface area contributed by atoms with E-state index in [1.54, 1.807) is 24.3 Å². The van der Waals surface area contributed by atoms with Crippen molar-refractivity contribution in [3.63, 3.8) is 0 Å². The summed E-state index contributed by atoms with van der Waals surface area (Å²) in [5.41, 5.74) is 2.29. The van der Waals surface area contributed by atoms with E-state index in [-0.39, 0.29) is 41.5 Å². The summed E-state index contributed by atoms with van der Waals surface area (Å²) in [6, 6.07) is 17.2. The number of nitrogens with zero attached hydrogens (tertiary/aromatic N) is 1. The van der Waals surface area contributed by atoms with Gasteiger partial charge in [-0.1, -0.05) is 82.2 Å². The maximum atomic E-state index is 13.5. The first-order chi connectivity index (χ1) is 18.1. The van der Waals surface area contributed by atoms with Crippen LogP contribution in [0.2, 0.25) is 0 Å². The third kappa shape index (κ3) is 5.23. The zero-order chi connectivity index (χ0) is 25.8. The van der Waals surface area contributed by atoms with Crippen molar-refractivity contribution in [1.29, 1.82) is 0 Å². The van der Waals surface area contributed by atoms with E-state index >= 15 is 0 Å². The summed E-state index contributed by atoms with van der Waals surface area (Å²) < 4.78 is 5.45. The molecule has 37 heavy (non-hydrogen) atoms. The molecule has 2 saturated carbocycles. The zero-order valence-corrected chi connectivity index (χ0v) is 21.9. The number of amides is 2. The number of carbonyl (C=O) groups is 3. The van der Waals surface area contributed by atoms with Crippen LogP contribution < -0.4 is 4.90 Å². The molecule has 2 aromatic carbocycles. The summed E-state index contributed by atoms with van der Waals surface area (Å²) in [6.45, 7) is 2.65. The minimum Gasteiger partial charge on any atom is -0.462 e. The highest BCUT2D eigenvalue weighted by Gasteiger charge is 2.64. The lowest BCUT2D eigenvalue weighted by atomic mass is 9.73. The lowest BCUT2D eigenvalue weighted by Gasteiger charge is -2.28. The average molecular weight is 502 g/mol. The summed E-state index contributed by atoms with van der Waals surface area (Å²) >= 11 is 0. The van der Waals surface area contributed by atoms with Crippen molar-refractivity contribution < 1.29 is 19.1 Å². The number of unbranched alkanes of at least 4 members (excludes halogenated alkanes) is 7. The van der Waals surface area contributed by atoms with Crippen LogP contribution in [0.4, 0.5) is 5.69 Å². The maximum absolute atomic E-state index is 13.5. The summed E-state index contributed by atoms with van der Waals surface area (Å²) in [5, 5.41) is 0. The number of esters is 1. The molecule has 0 aromatic heterocycles. The van der Waals surface area contributed by atoms with Crippen LogP contribution in [0, 0.1) is 23.7 Å². The van der Waals surface area contributed by atoms with E-state index in [1.165, 1.54) is 49.0 Å². The number of anilines is 1. The molecule has 196 valence electrons. The minimum absolute atomic E-state index is 0.0703. The van der Waals surface area contributed by atoms with Crippen molar-refractivity contribution in [2.45, 2.75) is 77.0 Å². The number of ether oxygens (including phenoxy) is 1. The first-order valence-electron chi connectivity index (χ1n) is 14.3. The van der Waals surface area contributed by atoms with Crippen LogP contribution in [0.5, 0.6) is 0 Å². The molecular formula is C32H39NO4. The number of rotatable bonds is 12. The van der Waals surface area contributed by atoms with E-state index in [0.29, 0.717) is 23.8 Å². The van der Waals surface area contributed by atoms with E-state index in [4.69, 9.17) is 4.74 Å². The number of imide groups is 1. The molecule has 3 aliphatic rings. The minimum atomic E-state index is -0.353. The molecule has 0 spiro atoms. The van der Waals surface area contributed by atoms with E-state index in [2.05, 4.69) is 31.2 Å². The zero-order valence-electron chi connectivity index (χ0n) is 21.9. The van der Waals surface area contributed by atoms with Gasteiger partial charge in [-0.3, -0.25) is 14.5 Å². The number of hydrogen-bond donors (Lipinski definition) is 0. The standard InChI is InChI=1S/C32H39NO4/c1-2-3-4-5-6-7-8-12-19-37-32(36)23-15-17-25(18-16-23)33-30(34)28-24-20-26(22-13-10-9-11-14-22)27(21-24)29(28)31(33)35/h9-11,13-18,24,26-29H,2-8,12,19-21H2,1H3/t24-,26-,27-,28-,29+/m1/s1. The summed E-state index contributed by atoms with van der Waals surface area (Å²) in [5.74, 6) is -0.0816. The van der Waals surface area contributed by atoms with E-state index in [9.17, 15) is 14.4 Å². The Labute approximate surface area is 220 Å². The molecule has 5 heteroatoms. The van der Waals surface area contributed by atoms with Gasteiger partial charge in [0.15, 0.2) is 0 Å². The third-order valence-electron chi connectivity index (χ3n) is 8.84. The van der Waals surface area contributed by atoms with Crippen LogP contribution in [0.3, 0.4) is 0 Å². The van der Waals surface area contributed by atoms with Crippen LogP contribution in [0.25, 0.3) is 0 Å². The lowest BCUT2D eigenvalue weighted by molar-refractivity contribution is -0.123. The molecule has 3 fully saturated rings. The molecule has 0 unspecified atom stereocenters. The molecule has 5 atom stereocenters. The summed E-state index contributed by atoms with van der Waals surface area (Å²) in [6.07, 6.45) is 11.5. The van der Waals surface area contributed by atoms with Gasteiger partial charge < -0.3 is 4.74 Å². The van der Waals surface area contributed by atoms with Crippen molar-refractivity contribution in [3.8, 4) is 0 Å². The van der Waals surface area contributed by atoms with Gasteiger partial charge in [0.2, 0.25) is 11.8 Å². The molecule has 2 aromatic rings. The van der Waals surface area contributed by atoms with Crippen molar-refractivity contribution in [2.75, 3.05) is 11.5 Å². The van der Waals surface area contributed by atoms with Gasteiger partial charge in [-0.25, -0.2) is 4.79 Å². The Morgan fingerprint density at radius 2 is 1.46 bits per heavy atom. The fraction of sp³-hybridized carbons (Fsp3) is 0.531. The predicted molar refractivity (Wildman–Crippen MR) is 144 cm³/mol. The highest BCUT2D eigenvalue weighted by Crippen LogP contribution is 2.61. The van der Waals surface area contributed by atoms with Crippen molar-refractivity contribution in [2.24, 2.45) is 23.7 Å². The second kappa shape index (κ2) is 11.6. The molecule has 0 N–H and O–H groups in total. The highest BCUT2D eigenvalue weighted by molar-refractivity contribution is 6.22. The second-order valence-electron chi connectivity index (χ2n) is 11.1. The topological polar surface area (TPSA) is 63.7 Å². The number of fused-ring (bicyclic) bond motifs is 5. The van der Waals surface area contributed by atoms with Crippen molar-refractivity contribution in [1.82, 2.24) is 0 Å². The Hall–Kier alpha value is -2.95. The lowest BCUT2D eigenvalue weighted by Crippen LogP contribution is -2.33. The third-order valence-corrected chi connectivity index (χ3v) is 8.84. The van der Waals surface area contributed by atoms with Crippen molar-refractivity contribution >= 4 is 23.5 Å².